The number of ether oxygens (including phenoxy) is 2. The Bertz CT molecular complexity index is 812. The highest BCUT2D eigenvalue weighted by molar-refractivity contribution is 5.80. The Morgan fingerprint density at radius 2 is 2.03 bits per heavy atom. The summed E-state index contributed by atoms with van der Waals surface area (Å²) < 4.78 is 17.5. The molecule has 2 fully saturated rings. The molecule has 0 aliphatic carbocycles. The molecule has 1 N–H and O–H groups in total. The summed E-state index contributed by atoms with van der Waals surface area (Å²) in [7, 11) is 0. The van der Waals surface area contributed by atoms with Crippen LogP contribution < -0.4 is 5.32 Å². The van der Waals surface area contributed by atoms with E-state index in [0.717, 1.165) is 56.3 Å². The van der Waals surface area contributed by atoms with Gasteiger partial charge in [-0.05, 0) is 38.8 Å². The number of nitrogens with one attached hydrogen (secondary N) is 1. The van der Waals surface area contributed by atoms with Crippen molar-refractivity contribution in [3.8, 4) is 11.5 Å². The van der Waals surface area contributed by atoms with Gasteiger partial charge in [-0.15, -0.1) is 0 Å². The van der Waals surface area contributed by atoms with E-state index >= 15 is 0 Å². The fourth-order valence-electron chi connectivity index (χ4n) is 3.78. The van der Waals surface area contributed by atoms with E-state index < -0.39 is 0 Å². The normalized spacial score (nSPS) is 22.8. The first-order valence-corrected chi connectivity index (χ1v) is 10.5. The van der Waals surface area contributed by atoms with Crippen molar-refractivity contribution >= 4 is 5.96 Å². The average Bonchev–Trinajstić information content (AvgIpc) is 3.44. The summed E-state index contributed by atoms with van der Waals surface area (Å²) in [5.41, 5.74) is 3.01. The highest BCUT2D eigenvalue weighted by atomic mass is 16.5. The van der Waals surface area contributed by atoms with Gasteiger partial charge in [-0.25, -0.2) is 9.98 Å². The van der Waals surface area contributed by atoms with E-state index in [0.29, 0.717) is 19.0 Å². The SMILES string of the molecule is CCNC(=NCc1coc(-c2ccc(C)cc2)n1)N1CCOC(C2CCCO2)C1. The summed E-state index contributed by atoms with van der Waals surface area (Å²) in [6.07, 6.45) is 4.20. The maximum absolute atomic E-state index is 5.97. The molecule has 0 radical (unpaired) electrons. The lowest BCUT2D eigenvalue weighted by molar-refractivity contribution is -0.0817. The zero-order chi connectivity index (χ0) is 20.1. The van der Waals surface area contributed by atoms with Crippen molar-refractivity contribution in [3.05, 3.63) is 41.8 Å². The van der Waals surface area contributed by atoms with Gasteiger partial charge in [-0.1, -0.05) is 17.7 Å². The molecule has 2 aromatic rings. The van der Waals surface area contributed by atoms with Crippen LogP contribution in [0.4, 0.5) is 0 Å². The van der Waals surface area contributed by atoms with Crippen LogP contribution in [0.2, 0.25) is 0 Å². The molecule has 3 heterocycles. The number of hydrogen-bond donors (Lipinski definition) is 1. The Balaban J connectivity index is 1.42. The van der Waals surface area contributed by atoms with Gasteiger partial charge in [0.25, 0.3) is 0 Å². The molecule has 156 valence electrons. The van der Waals surface area contributed by atoms with Crippen LogP contribution in [-0.2, 0) is 16.0 Å². The standard InChI is InChI=1S/C22H30N4O3/c1-3-23-22(26-10-12-28-20(14-26)19-5-4-11-27-19)24-13-18-15-29-21(25-18)17-8-6-16(2)7-9-17/h6-9,15,19-20H,3-5,10-14H2,1-2H3,(H,23,24). The highest BCUT2D eigenvalue weighted by Crippen LogP contribution is 2.22. The summed E-state index contributed by atoms with van der Waals surface area (Å²) in [4.78, 5) is 11.7. The van der Waals surface area contributed by atoms with E-state index in [1.807, 2.05) is 12.1 Å². The molecule has 2 atom stereocenters. The van der Waals surface area contributed by atoms with Gasteiger partial charge in [0.2, 0.25) is 5.89 Å². The van der Waals surface area contributed by atoms with Crippen LogP contribution in [0, 0.1) is 6.92 Å². The molecule has 2 aliphatic heterocycles. The second kappa shape index (κ2) is 9.41. The fourth-order valence-corrected chi connectivity index (χ4v) is 3.78. The van der Waals surface area contributed by atoms with Crippen molar-refractivity contribution in [1.82, 2.24) is 15.2 Å². The van der Waals surface area contributed by atoms with E-state index in [-0.39, 0.29) is 12.2 Å². The van der Waals surface area contributed by atoms with Crippen LogP contribution in [0.15, 0.2) is 39.9 Å². The van der Waals surface area contributed by atoms with Crippen LogP contribution in [0.5, 0.6) is 0 Å². The molecule has 0 spiro atoms. The summed E-state index contributed by atoms with van der Waals surface area (Å²) in [6, 6.07) is 8.17. The third-order valence-corrected chi connectivity index (χ3v) is 5.35. The second-order valence-corrected chi connectivity index (χ2v) is 7.59. The number of aliphatic imine (C=N–C) groups is 1. The monoisotopic (exact) mass is 398 g/mol. The quantitative estimate of drug-likeness (QED) is 0.617. The summed E-state index contributed by atoms with van der Waals surface area (Å²) in [5, 5.41) is 3.40. The molecule has 4 rings (SSSR count). The number of morpholine rings is 1. The van der Waals surface area contributed by atoms with Crippen molar-refractivity contribution in [2.45, 2.75) is 45.4 Å². The lowest BCUT2D eigenvalue weighted by Gasteiger charge is -2.37. The van der Waals surface area contributed by atoms with Gasteiger partial charge in [0.05, 0.1) is 19.3 Å². The number of guanidine groups is 1. The van der Waals surface area contributed by atoms with E-state index in [1.165, 1.54) is 5.56 Å². The van der Waals surface area contributed by atoms with Crippen molar-refractivity contribution in [2.24, 2.45) is 4.99 Å². The van der Waals surface area contributed by atoms with Crippen LogP contribution in [-0.4, -0.2) is 60.9 Å². The topological polar surface area (TPSA) is 72.1 Å². The molecule has 7 heteroatoms. The van der Waals surface area contributed by atoms with Gasteiger partial charge in [0.15, 0.2) is 5.96 Å². The van der Waals surface area contributed by atoms with Crippen molar-refractivity contribution in [1.29, 1.82) is 0 Å². The first kappa shape index (κ1) is 19.9. The molecule has 29 heavy (non-hydrogen) atoms. The molecule has 0 amide bonds. The molecule has 2 unspecified atom stereocenters. The van der Waals surface area contributed by atoms with Gasteiger partial charge < -0.3 is 24.1 Å². The lowest BCUT2D eigenvalue weighted by atomic mass is 10.1. The molecule has 1 aromatic carbocycles. The Labute approximate surface area is 172 Å². The summed E-state index contributed by atoms with van der Waals surface area (Å²) in [6.45, 7) is 8.58. The van der Waals surface area contributed by atoms with E-state index in [4.69, 9.17) is 18.9 Å². The van der Waals surface area contributed by atoms with Crippen LogP contribution in [0.3, 0.4) is 0 Å². The minimum Gasteiger partial charge on any atom is -0.444 e. The Kier molecular flexibility index (Phi) is 6.46. The highest BCUT2D eigenvalue weighted by Gasteiger charge is 2.32. The maximum atomic E-state index is 5.97. The minimum atomic E-state index is 0.107. The average molecular weight is 399 g/mol. The van der Waals surface area contributed by atoms with Crippen molar-refractivity contribution in [2.75, 3.05) is 32.8 Å². The van der Waals surface area contributed by atoms with Gasteiger partial charge in [-0.2, -0.15) is 0 Å². The zero-order valence-electron chi connectivity index (χ0n) is 17.3. The number of nitrogens with zero attached hydrogens (tertiary/aromatic N) is 3. The maximum Gasteiger partial charge on any atom is 0.226 e. The molecule has 7 nitrogen and oxygen atoms in total. The van der Waals surface area contributed by atoms with Gasteiger partial charge in [0, 0.05) is 31.8 Å². The lowest BCUT2D eigenvalue weighted by Crippen LogP contribution is -2.53. The zero-order valence-corrected chi connectivity index (χ0v) is 17.3. The predicted octanol–water partition coefficient (Wildman–Crippen LogP) is 3.00. The minimum absolute atomic E-state index is 0.107. The number of aromatic nitrogens is 1. The molecule has 0 bridgehead atoms. The fraction of sp³-hybridized carbons (Fsp3) is 0.545. The smallest absolute Gasteiger partial charge is 0.226 e. The van der Waals surface area contributed by atoms with Crippen molar-refractivity contribution < 1.29 is 13.9 Å². The Morgan fingerprint density at radius 1 is 1.21 bits per heavy atom. The third-order valence-electron chi connectivity index (χ3n) is 5.35. The number of benzene rings is 1. The van der Waals surface area contributed by atoms with E-state index in [2.05, 4.69) is 41.2 Å². The Morgan fingerprint density at radius 3 is 2.79 bits per heavy atom. The number of hydrogen-bond acceptors (Lipinski definition) is 5. The van der Waals surface area contributed by atoms with Gasteiger partial charge in [-0.3, -0.25) is 0 Å². The second-order valence-electron chi connectivity index (χ2n) is 7.59. The number of rotatable bonds is 5. The summed E-state index contributed by atoms with van der Waals surface area (Å²) in [5.74, 6) is 1.52. The van der Waals surface area contributed by atoms with Crippen molar-refractivity contribution in [3.63, 3.8) is 0 Å². The predicted molar refractivity (Wildman–Crippen MR) is 112 cm³/mol. The van der Waals surface area contributed by atoms with E-state index in [9.17, 15) is 0 Å². The van der Waals surface area contributed by atoms with Gasteiger partial charge >= 0.3 is 0 Å². The van der Waals surface area contributed by atoms with Crippen LogP contribution in [0.25, 0.3) is 11.5 Å². The largest absolute Gasteiger partial charge is 0.444 e. The van der Waals surface area contributed by atoms with Crippen LogP contribution in [0.1, 0.15) is 31.0 Å². The molecule has 0 saturated carbocycles. The van der Waals surface area contributed by atoms with Gasteiger partial charge in [0.1, 0.15) is 18.1 Å². The number of oxazole rings is 1. The third kappa shape index (κ3) is 4.97. The molecule has 2 saturated heterocycles. The van der Waals surface area contributed by atoms with E-state index in [1.54, 1.807) is 6.26 Å². The summed E-state index contributed by atoms with van der Waals surface area (Å²) >= 11 is 0. The molecule has 2 aliphatic rings. The first-order valence-electron chi connectivity index (χ1n) is 10.5. The molecule has 1 aromatic heterocycles. The number of aryl methyl sites for hydroxylation is 1. The molecular weight excluding hydrogens is 368 g/mol. The molecular formula is C22H30N4O3. The van der Waals surface area contributed by atoms with Crippen LogP contribution >= 0.6 is 0 Å². The Hall–Kier alpha value is -2.38. The first-order chi connectivity index (χ1) is 14.2.